The Morgan fingerprint density at radius 1 is 1.50 bits per heavy atom. The molecule has 5 nitrogen and oxygen atoms in total. The van der Waals surface area contributed by atoms with Crippen LogP contribution in [0.5, 0.6) is 0 Å². The molecule has 16 heavy (non-hydrogen) atoms. The van der Waals surface area contributed by atoms with Gasteiger partial charge in [0.15, 0.2) is 5.92 Å². The number of carbonyl (C=O) groups excluding carboxylic acids is 2. The maximum atomic E-state index is 12.2. The lowest BCUT2D eigenvalue weighted by Gasteiger charge is -2.19. The molecular formula is C8H8F3N3O2. The highest BCUT2D eigenvalue weighted by atomic mass is 19.4. The molecule has 1 saturated heterocycles. The van der Waals surface area contributed by atoms with Gasteiger partial charge < -0.3 is 4.90 Å². The average Bonchev–Trinajstić information content (AvgIpc) is 2.37. The van der Waals surface area contributed by atoms with E-state index >= 15 is 0 Å². The molecule has 0 radical (unpaired) electrons. The second kappa shape index (κ2) is 4.00. The Morgan fingerprint density at radius 2 is 2.06 bits per heavy atom. The number of nitriles is 1. The zero-order valence-corrected chi connectivity index (χ0v) is 8.28. The standard InChI is InChI=1S/C8H8F3N3O2/c1-13-4-6(15)14(7(13)16)3-5(2-12)8(9,10)11/h5H,3-4H2,1H3. The minimum absolute atomic E-state index is 0.255. The van der Waals surface area contributed by atoms with Gasteiger partial charge in [-0.15, -0.1) is 0 Å². The van der Waals surface area contributed by atoms with Crippen molar-refractivity contribution in [3.63, 3.8) is 0 Å². The van der Waals surface area contributed by atoms with Crippen molar-refractivity contribution < 1.29 is 22.8 Å². The van der Waals surface area contributed by atoms with Gasteiger partial charge in [0.05, 0.1) is 12.6 Å². The van der Waals surface area contributed by atoms with Crippen LogP contribution >= 0.6 is 0 Å². The molecule has 0 aromatic carbocycles. The molecule has 0 bridgehead atoms. The summed E-state index contributed by atoms with van der Waals surface area (Å²) in [5, 5.41) is 8.33. The molecule has 1 aliphatic heterocycles. The monoisotopic (exact) mass is 235 g/mol. The summed E-state index contributed by atoms with van der Waals surface area (Å²) >= 11 is 0. The van der Waals surface area contributed by atoms with Gasteiger partial charge in [-0.25, -0.2) is 4.79 Å². The van der Waals surface area contributed by atoms with Crippen molar-refractivity contribution in [2.45, 2.75) is 6.18 Å². The number of likely N-dealkylation sites (N-methyl/N-ethyl adjacent to an activating group) is 1. The summed E-state index contributed by atoms with van der Waals surface area (Å²) in [5.74, 6) is -3.07. The highest BCUT2D eigenvalue weighted by Gasteiger charge is 2.45. The van der Waals surface area contributed by atoms with Crippen molar-refractivity contribution in [1.29, 1.82) is 5.26 Å². The predicted octanol–water partition coefficient (Wildman–Crippen LogP) is 0.582. The Balaban J connectivity index is 2.78. The minimum Gasteiger partial charge on any atom is -0.318 e. The third-order valence-corrected chi connectivity index (χ3v) is 2.15. The van der Waals surface area contributed by atoms with Crippen LogP contribution in [-0.2, 0) is 4.79 Å². The molecule has 0 N–H and O–H groups in total. The van der Waals surface area contributed by atoms with E-state index < -0.39 is 30.6 Å². The minimum atomic E-state index is -4.74. The fourth-order valence-corrected chi connectivity index (χ4v) is 1.25. The molecule has 0 saturated carbocycles. The van der Waals surface area contributed by atoms with E-state index in [4.69, 9.17) is 5.26 Å². The summed E-state index contributed by atoms with van der Waals surface area (Å²) in [4.78, 5) is 23.8. The van der Waals surface area contributed by atoms with Crippen LogP contribution in [0.25, 0.3) is 0 Å². The molecule has 1 fully saturated rings. The van der Waals surface area contributed by atoms with Gasteiger partial charge in [0.25, 0.3) is 0 Å². The Bertz CT molecular complexity index is 361. The van der Waals surface area contributed by atoms with Gasteiger partial charge in [-0.3, -0.25) is 9.69 Å². The lowest BCUT2D eigenvalue weighted by atomic mass is 10.1. The van der Waals surface area contributed by atoms with Gasteiger partial charge in [0, 0.05) is 7.05 Å². The van der Waals surface area contributed by atoms with E-state index in [2.05, 4.69) is 0 Å². The van der Waals surface area contributed by atoms with Gasteiger partial charge in [-0.2, -0.15) is 18.4 Å². The maximum absolute atomic E-state index is 12.2. The third-order valence-electron chi connectivity index (χ3n) is 2.15. The van der Waals surface area contributed by atoms with Crippen molar-refractivity contribution in [2.75, 3.05) is 20.1 Å². The molecule has 1 atom stereocenters. The predicted molar refractivity (Wildman–Crippen MR) is 44.9 cm³/mol. The van der Waals surface area contributed by atoms with Crippen molar-refractivity contribution in [3.05, 3.63) is 0 Å². The molecular weight excluding hydrogens is 227 g/mol. The fraction of sp³-hybridized carbons (Fsp3) is 0.625. The van der Waals surface area contributed by atoms with Crippen LogP contribution < -0.4 is 0 Å². The summed E-state index contributed by atoms with van der Waals surface area (Å²) in [7, 11) is 1.30. The largest absolute Gasteiger partial charge is 0.406 e. The first-order chi connectivity index (χ1) is 7.27. The highest BCUT2D eigenvalue weighted by molar-refractivity contribution is 6.01. The third kappa shape index (κ3) is 2.24. The molecule has 8 heteroatoms. The van der Waals surface area contributed by atoms with Crippen LogP contribution in [0.15, 0.2) is 0 Å². The normalized spacial score (nSPS) is 18.9. The molecule has 1 rings (SSSR count). The zero-order chi connectivity index (χ0) is 12.5. The van der Waals surface area contributed by atoms with Crippen molar-refractivity contribution in [3.8, 4) is 6.07 Å². The summed E-state index contributed by atoms with van der Waals surface area (Å²) in [6.07, 6.45) is -4.74. The van der Waals surface area contributed by atoms with E-state index in [0.717, 1.165) is 11.0 Å². The maximum Gasteiger partial charge on any atom is 0.406 e. The molecule has 88 valence electrons. The quantitative estimate of drug-likeness (QED) is 0.658. The van der Waals surface area contributed by atoms with Gasteiger partial charge in [0.2, 0.25) is 5.91 Å². The van der Waals surface area contributed by atoms with Crippen molar-refractivity contribution in [1.82, 2.24) is 9.80 Å². The summed E-state index contributed by atoms with van der Waals surface area (Å²) < 4.78 is 36.7. The van der Waals surface area contributed by atoms with E-state index in [0.29, 0.717) is 4.90 Å². The summed E-state index contributed by atoms with van der Waals surface area (Å²) in [5.41, 5.74) is 0. The summed E-state index contributed by atoms with van der Waals surface area (Å²) in [6, 6.07) is 0.225. The second-order valence-electron chi connectivity index (χ2n) is 3.37. The van der Waals surface area contributed by atoms with E-state index in [1.807, 2.05) is 0 Å². The molecule has 0 aromatic heterocycles. The number of hydrogen-bond acceptors (Lipinski definition) is 3. The Kier molecular flexibility index (Phi) is 3.07. The molecule has 1 aliphatic rings. The number of urea groups is 1. The smallest absolute Gasteiger partial charge is 0.318 e. The van der Waals surface area contributed by atoms with Crippen molar-refractivity contribution >= 4 is 11.9 Å². The Hall–Kier alpha value is -1.78. The van der Waals surface area contributed by atoms with Gasteiger partial charge in [-0.1, -0.05) is 0 Å². The van der Waals surface area contributed by atoms with Crippen LogP contribution in [0.3, 0.4) is 0 Å². The topological polar surface area (TPSA) is 64.4 Å². The van der Waals surface area contributed by atoms with Crippen LogP contribution in [0, 0.1) is 17.2 Å². The Labute approximate surface area is 89.0 Å². The number of hydrogen-bond donors (Lipinski definition) is 0. The molecule has 1 unspecified atom stereocenters. The van der Waals surface area contributed by atoms with Crippen LogP contribution in [-0.4, -0.2) is 48.1 Å². The fourth-order valence-electron chi connectivity index (χ4n) is 1.25. The van der Waals surface area contributed by atoms with E-state index in [1.165, 1.54) is 7.05 Å². The van der Waals surface area contributed by atoms with Gasteiger partial charge >= 0.3 is 12.2 Å². The SMILES string of the molecule is CN1CC(=O)N(CC(C#N)C(F)(F)F)C1=O. The van der Waals surface area contributed by atoms with E-state index in [1.54, 1.807) is 0 Å². The van der Waals surface area contributed by atoms with Gasteiger partial charge in [0.1, 0.15) is 6.54 Å². The number of amides is 3. The molecule has 1 heterocycles. The number of rotatable bonds is 2. The van der Waals surface area contributed by atoms with E-state index in [9.17, 15) is 22.8 Å². The number of carbonyl (C=O) groups is 2. The number of nitrogens with zero attached hydrogens (tertiary/aromatic N) is 3. The first-order valence-corrected chi connectivity index (χ1v) is 4.29. The second-order valence-corrected chi connectivity index (χ2v) is 3.37. The molecule has 0 aliphatic carbocycles. The summed E-state index contributed by atoms with van der Waals surface area (Å²) in [6.45, 7) is -1.20. The number of halogens is 3. The van der Waals surface area contributed by atoms with Gasteiger partial charge in [-0.05, 0) is 0 Å². The first-order valence-electron chi connectivity index (χ1n) is 4.29. The van der Waals surface area contributed by atoms with E-state index in [-0.39, 0.29) is 6.54 Å². The average molecular weight is 235 g/mol. The highest BCUT2D eigenvalue weighted by Crippen LogP contribution is 2.27. The van der Waals surface area contributed by atoms with Crippen LogP contribution in [0.1, 0.15) is 0 Å². The zero-order valence-electron chi connectivity index (χ0n) is 8.28. The molecule has 3 amide bonds. The number of alkyl halides is 3. The lowest BCUT2D eigenvalue weighted by Crippen LogP contribution is -2.40. The molecule has 0 aromatic rings. The van der Waals surface area contributed by atoms with Crippen LogP contribution in [0.2, 0.25) is 0 Å². The number of imide groups is 1. The lowest BCUT2D eigenvalue weighted by molar-refractivity contribution is -0.162. The van der Waals surface area contributed by atoms with Crippen molar-refractivity contribution in [2.24, 2.45) is 5.92 Å². The van der Waals surface area contributed by atoms with Crippen LogP contribution in [0.4, 0.5) is 18.0 Å². The Morgan fingerprint density at radius 3 is 2.38 bits per heavy atom. The molecule has 0 spiro atoms. The first kappa shape index (κ1) is 12.3.